The Kier molecular flexibility index (Phi) is 9.72. The molecule has 0 aromatic carbocycles. The third kappa shape index (κ3) is 7.64. The van der Waals surface area contributed by atoms with Crippen molar-refractivity contribution in [2.45, 2.75) is 32.0 Å². The summed E-state index contributed by atoms with van der Waals surface area (Å²) in [6.07, 6.45) is -1.50. The highest BCUT2D eigenvalue weighted by Gasteiger charge is 2.32. The van der Waals surface area contributed by atoms with Crippen molar-refractivity contribution in [3.8, 4) is 0 Å². The molecule has 3 heterocycles. The van der Waals surface area contributed by atoms with Crippen LogP contribution in [0.15, 0.2) is 35.5 Å². The fourth-order valence-corrected chi connectivity index (χ4v) is 3.30. The average molecular weight is 564 g/mol. The number of hydrogen-bond donors (Lipinski definition) is 3. The third-order valence-corrected chi connectivity index (χ3v) is 4.90. The summed E-state index contributed by atoms with van der Waals surface area (Å²) in [5.74, 6) is 1.60. The van der Waals surface area contributed by atoms with Crippen LogP contribution in [0.2, 0.25) is 0 Å². The van der Waals surface area contributed by atoms with Gasteiger partial charge in [-0.2, -0.15) is 13.2 Å². The van der Waals surface area contributed by atoms with Crippen molar-refractivity contribution in [3.05, 3.63) is 41.9 Å². The summed E-state index contributed by atoms with van der Waals surface area (Å²) in [7, 11) is 1.68. The van der Waals surface area contributed by atoms with E-state index in [0.29, 0.717) is 19.0 Å². The molecule has 0 aliphatic carbocycles. The molecule has 8 nitrogen and oxygen atoms in total. The zero-order valence-corrected chi connectivity index (χ0v) is 20.3. The lowest BCUT2D eigenvalue weighted by Gasteiger charge is -2.34. The Morgan fingerprint density at radius 1 is 1.16 bits per heavy atom. The van der Waals surface area contributed by atoms with Crippen LogP contribution in [-0.4, -0.2) is 60.2 Å². The van der Waals surface area contributed by atoms with E-state index >= 15 is 0 Å². The van der Waals surface area contributed by atoms with Crippen LogP contribution in [0.5, 0.6) is 0 Å². The number of aromatic nitrogens is 3. The number of nitrogens with zero attached hydrogens (tertiary/aromatic N) is 5. The third-order valence-electron chi connectivity index (χ3n) is 4.90. The molecule has 1 fully saturated rings. The summed E-state index contributed by atoms with van der Waals surface area (Å²) in [6, 6.07) is 7.16. The van der Waals surface area contributed by atoms with Gasteiger partial charge in [0.1, 0.15) is 11.5 Å². The molecule has 2 aromatic rings. The zero-order chi connectivity index (χ0) is 22.3. The fourth-order valence-electron chi connectivity index (χ4n) is 3.30. The van der Waals surface area contributed by atoms with Gasteiger partial charge >= 0.3 is 6.18 Å². The maximum Gasteiger partial charge on any atom is 0.433 e. The number of piperidine rings is 1. The van der Waals surface area contributed by atoms with Gasteiger partial charge in [-0.1, -0.05) is 6.07 Å². The first kappa shape index (κ1) is 25.9. The van der Waals surface area contributed by atoms with E-state index in [1.165, 1.54) is 0 Å². The van der Waals surface area contributed by atoms with E-state index in [9.17, 15) is 13.2 Å². The molecule has 1 aliphatic heterocycles. The Balaban J connectivity index is 0.00000363. The number of guanidine groups is 1. The summed E-state index contributed by atoms with van der Waals surface area (Å²) in [5.41, 5.74) is 0.0362. The van der Waals surface area contributed by atoms with Crippen LogP contribution < -0.4 is 20.9 Å². The first-order valence-electron chi connectivity index (χ1n) is 10.1. The minimum Gasteiger partial charge on any atom is -0.356 e. The average Bonchev–Trinajstić information content (AvgIpc) is 2.76. The van der Waals surface area contributed by atoms with Crippen molar-refractivity contribution < 1.29 is 13.2 Å². The summed E-state index contributed by atoms with van der Waals surface area (Å²) >= 11 is 0. The highest BCUT2D eigenvalue weighted by molar-refractivity contribution is 14.0. The standard InChI is InChI=1S/C20H27F3N8.HI/c1-14-4-3-5-17(28-14)31-12-7-15(8-13-31)29-18(24-2)26-10-11-27-19-25-9-6-16(30-19)20(21,22)23;/h3-6,9,15H,7-8,10-13H2,1-2H3,(H2,24,26,29)(H,25,27,30);1H. The summed E-state index contributed by atoms with van der Waals surface area (Å²) in [4.78, 5) is 18.4. The molecule has 2 aromatic heterocycles. The van der Waals surface area contributed by atoms with E-state index in [1.54, 1.807) is 7.05 Å². The van der Waals surface area contributed by atoms with Gasteiger partial charge < -0.3 is 20.9 Å². The number of nitrogens with one attached hydrogen (secondary N) is 3. The predicted octanol–water partition coefficient (Wildman–Crippen LogP) is 3.06. The molecule has 0 radical (unpaired) electrons. The quantitative estimate of drug-likeness (QED) is 0.215. The Hall–Kier alpha value is -2.38. The van der Waals surface area contributed by atoms with Crippen molar-refractivity contribution >= 4 is 41.7 Å². The highest BCUT2D eigenvalue weighted by atomic mass is 127. The highest BCUT2D eigenvalue weighted by Crippen LogP contribution is 2.27. The van der Waals surface area contributed by atoms with Crippen molar-refractivity contribution in [1.29, 1.82) is 0 Å². The van der Waals surface area contributed by atoms with Crippen molar-refractivity contribution in [2.75, 3.05) is 43.4 Å². The monoisotopic (exact) mass is 564 g/mol. The summed E-state index contributed by atoms with van der Waals surface area (Å²) in [6.45, 7) is 4.59. The van der Waals surface area contributed by atoms with E-state index in [1.807, 2.05) is 25.1 Å². The number of halogens is 4. The smallest absolute Gasteiger partial charge is 0.356 e. The number of aliphatic imine (C=N–C) groups is 1. The number of rotatable bonds is 6. The molecule has 0 bridgehead atoms. The number of alkyl halides is 3. The van der Waals surface area contributed by atoms with Gasteiger partial charge in [0.2, 0.25) is 5.95 Å². The lowest BCUT2D eigenvalue weighted by atomic mass is 10.1. The SMILES string of the molecule is CN=C(NCCNc1nccc(C(F)(F)F)n1)NC1CCN(c2cccc(C)n2)CC1.I. The minimum atomic E-state index is -4.49. The van der Waals surface area contributed by atoms with Crippen LogP contribution in [0.3, 0.4) is 0 Å². The lowest BCUT2D eigenvalue weighted by Crippen LogP contribution is -2.49. The number of pyridine rings is 1. The van der Waals surface area contributed by atoms with Crippen LogP contribution in [0.4, 0.5) is 24.9 Å². The summed E-state index contributed by atoms with van der Waals surface area (Å²) < 4.78 is 38.1. The summed E-state index contributed by atoms with van der Waals surface area (Å²) in [5, 5.41) is 9.34. The van der Waals surface area contributed by atoms with Gasteiger partial charge in [0.05, 0.1) is 0 Å². The molecule has 1 aliphatic rings. The Labute approximate surface area is 202 Å². The van der Waals surface area contributed by atoms with Crippen molar-refractivity contribution in [3.63, 3.8) is 0 Å². The van der Waals surface area contributed by atoms with E-state index < -0.39 is 11.9 Å². The second-order valence-electron chi connectivity index (χ2n) is 7.23. The molecular weight excluding hydrogens is 536 g/mol. The second-order valence-corrected chi connectivity index (χ2v) is 7.23. The van der Waals surface area contributed by atoms with Crippen LogP contribution in [-0.2, 0) is 6.18 Å². The molecule has 0 spiro atoms. The molecule has 3 rings (SSSR count). The van der Waals surface area contributed by atoms with Crippen molar-refractivity contribution in [2.24, 2.45) is 4.99 Å². The molecule has 0 atom stereocenters. The largest absolute Gasteiger partial charge is 0.433 e. The van der Waals surface area contributed by atoms with E-state index in [0.717, 1.165) is 49.7 Å². The van der Waals surface area contributed by atoms with Crippen LogP contribution in [0.25, 0.3) is 0 Å². The lowest BCUT2D eigenvalue weighted by molar-refractivity contribution is -0.141. The molecular formula is C20H28F3IN8. The van der Waals surface area contributed by atoms with Gasteiger partial charge in [0.15, 0.2) is 5.96 Å². The topological polar surface area (TPSA) is 90.4 Å². The first-order valence-corrected chi connectivity index (χ1v) is 10.1. The molecule has 0 unspecified atom stereocenters. The molecule has 0 amide bonds. The minimum absolute atomic E-state index is 0. The van der Waals surface area contributed by atoms with Gasteiger partial charge in [0, 0.05) is 51.2 Å². The Morgan fingerprint density at radius 3 is 2.56 bits per heavy atom. The van der Waals surface area contributed by atoms with Gasteiger partial charge in [-0.3, -0.25) is 4.99 Å². The fraction of sp³-hybridized carbons (Fsp3) is 0.500. The van der Waals surface area contributed by atoms with Crippen LogP contribution in [0, 0.1) is 6.92 Å². The van der Waals surface area contributed by atoms with Crippen LogP contribution in [0.1, 0.15) is 24.2 Å². The van der Waals surface area contributed by atoms with Crippen molar-refractivity contribution in [1.82, 2.24) is 25.6 Å². The normalized spacial score (nSPS) is 15.2. The first-order chi connectivity index (χ1) is 14.8. The number of hydrogen-bond acceptors (Lipinski definition) is 6. The molecule has 32 heavy (non-hydrogen) atoms. The number of aryl methyl sites for hydroxylation is 1. The van der Waals surface area contributed by atoms with E-state index in [2.05, 4.69) is 40.8 Å². The maximum atomic E-state index is 12.7. The van der Waals surface area contributed by atoms with Crippen LogP contribution >= 0.6 is 24.0 Å². The molecule has 0 saturated carbocycles. The van der Waals surface area contributed by atoms with E-state index in [4.69, 9.17) is 0 Å². The predicted molar refractivity (Wildman–Crippen MR) is 130 cm³/mol. The molecule has 176 valence electrons. The maximum absolute atomic E-state index is 12.7. The van der Waals surface area contributed by atoms with Gasteiger partial charge in [-0.25, -0.2) is 15.0 Å². The number of anilines is 2. The van der Waals surface area contributed by atoms with Gasteiger partial charge in [0.25, 0.3) is 0 Å². The molecule has 1 saturated heterocycles. The van der Waals surface area contributed by atoms with Gasteiger partial charge in [-0.05, 0) is 38.0 Å². The second kappa shape index (κ2) is 12.0. The van der Waals surface area contributed by atoms with E-state index in [-0.39, 0.29) is 36.0 Å². The molecule has 12 heteroatoms. The van der Waals surface area contributed by atoms with Gasteiger partial charge in [-0.15, -0.1) is 24.0 Å². The zero-order valence-electron chi connectivity index (χ0n) is 18.0. The Morgan fingerprint density at radius 2 is 1.91 bits per heavy atom. The Bertz CT molecular complexity index is 885. The molecule has 3 N–H and O–H groups in total.